The van der Waals surface area contributed by atoms with E-state index >= 15 is 0 Å². The summed E-state index contributed by atoms with van der Waals surface area (Å²) in [6.07, 6.45) is 2.28. The zero-order chi connectivity index (χ0) is 6.57. The number of carbonyl (C=O) groups excluding carboxylic acids is 1. The Hall–Kier alpha value is -1.12. The Morgan fingerprint density at radius 1 is 1.75 bits per heavy atom. The lowest BCUT2D eigenvalue weighted by atomic mass is 10.3. The van der Waals surface area contributed by atoms with E-state index < -0.39 is 5.91 Å². The van der Waals surface area contributed by atoms with E-state index in [9.17, 15) is 4.79 Å². The van der Waals surface area contributed by atoms with Gasteiger partial charge in [-0.05, 0) is 12.5 Å². The van der Waals surface area contributed by atoms with Gasteiger partial charge in [-0.1, -0.05) is 0 Å². The molecule has 0 atom stereocenters. The van der Waals surface area contributed by atoms with Crippen LogP contribution >= 0.6 is 0 Å². The van der Waals surface area contributed by atoms with Crippen LogP contribution in [0.5, 0.6) is 0 Å². The van der Waals surface area contributed by atoms with Crippen molar-refractivity contribution in [3.05, 3.63) is 11.6 Å². The first-order valence-electron chi connectivity index (χ1n) is 2.15. The molecule has 0 rings (SSSR count). The fraction of sp³-hybridized carbons (Fsp3) is 0.200. The molecule has 0 aromatic heterocycles. The number of hydrogen-bond acceptors (Lipinski definition) is 2. The number of nitrogens with one attached hydrogen (secondary N) is 1. The lowest BCUT2D eigenvalue weighted by Crippen LogP contribution is -2.06. The summed E-state index contributed by atoms with van der Waals surface area (Å²) in [4.78, 5) is 10.0. The molecule has 0 bridgehead atoms. The molecule has 8 heavy (non-hydrogen) atoms. The average molecular weight is 112 g/mol. The molecule has 3 heteroatoms. The zero-order valence-corrected chi connectivity index (χ0v) is 4.64. The van der Waals surface area contributed by atoms with E-state index in [-0.39, 0.29) is 0 Å². The van der Waals surface area contributed by atoms with Crippen LogP contribution in [0, 0.1) is 5.41 Å². The number of rotatable bonds is 2. The summed E-state index contributed by atoms with van der Waals surface area (Å²) < 4.78 is 0. The lowest BCUT2D eigenvalue weighted by Gasteiger charge is -1.82. The monoisotopic (exact) mass is 112 g/mol. The van der Waals surface area contributed by atoms with Crippen LogP contribution in [0.15, 0.2) is 11.6 Å². The first kappa shape index (κ1) is 6.88. The Bertz CT molecular complexity index is 137. The Kier molecular flexibility index (Phi) is 2.54. The van der Waals surface area contributed by atoms with Crippen LogP contribution in [0.25, 0.3) is 0 Å². The van der Waals surface area contributed by atoms with Gasteiger partial charge in [-0.3, -0.25) is 4.79 Å². The molecule has 44 valence electrons. The largest absolute Gasteiger partial charge is 0.366 e. The van der Waals surface area contributed by atoms with Crippen LogP contribution in [0.4, 0.5) is 0 Å². The number of allylic oxidation sites excluding steroid dienone is 1. The second kappa shape index (κ2) is 2.96. The molecule has 0 aromatic carbocycles. The molecule has 0 fully saturated rings. The fourth-order valence-electron chi connectivity index (χ4n) is 0.266. The highest BCUT2D eigenvalue weighted by molar-refractivity contribution is 5.92. The van der Waals surface area contributed by atoms with E-state index in [1.165, 1.54) is 6.08 Å². The van der Waals surface area contributed by atoms with Crippen molar-refractivity contribution in [3.63, 3.8) is 0 Å². The van der Waals surface area contributed by atoms with Gasteiger partial charge in [0.15, 0.2) is 0 Å². The van der Waals surface area contributed by atoms with Crippen molar-refractivity contribution in [2.75, 3.05) is 0 Å². The van der Waals surface area contributed by atoms with Crippen molar-refractivity contribution in [2.24, 2.45) is 5.73 Å². The maximum Gasteiger partial charge on any atom is 0.241 e. The third kappa shape index (κ3) is 3.08. The van der Waals surface area contributed by atoms with E-state index in [0.29, 0.717) is 5.57 Å². The minimum Gasteiger partial charge on any atom is -0.366 e. The standard InChI is InChI=1S/C5H8N2O/c1-4(3-6)2-5(7)8/h2-3,6H,1H3,(H2,7,8)/b4-2-,6-3?. The number of amides is 1. The smallest absolute Gasteiger partial charge is 0.241 e. The molecule has 0 saturated heterocycles. The van der Waals surface area contributed by atoms with Gasteiger partial charge in [-0.2, -0.15) is 0 Å². The van der Waals surface area contributed by atoms with E-state index in [2.05, 4.69) is 0 Å². The normalized spacial score (nSPS) is 10.9. The summed E-state index contributed by atoms with van der Waals surface area (Å²) in [5.74, 6) is -0.508. The average Bonchev–Trinajstić information content (AvgIpc) is 1.65. The van der Waals surface area contributed by atoms with Gasteiger partial charge in [0.1, 0.15) is 0 Å². The van der Waals surface area contributed by atoms with E-state index in [1.54, 1.807) is 6.92 Å². The molecule has 0 aliphatic carbocycles. The molecule has 0 aliphatic heterocycles. The van der Waals surface area contributed by atoms with Crippen molar-refractivity contribution >= 4 is 12.1 Å². The Morgan fingerprint density at radius 3 is 2.38 bits per heavy atom. The molecule has 0 radical (unpaired) electrons. The summed E-state index contributed by atoms with van der Waals surface area (Å²) in [5.41, 5.74) is 5.32. The second-order valence-electron chi connectivity index (χ2n) is 1.44. The van der Waals surface area contributed by atoms with Crippen molar-refractivity contribution in [1.29, 1.82) is 5.41 Å². The first-order valence-corrected chi connectivity index (χ1v) is 2.15. The molecule has 0 heterocycles. The third-order valence-electron chi connectivity index (χ3n) is 0.598. The molecule has 0 aliphatic rings. The lowest BCUT2D eigenvalue weighted by molar-refractivity contribution is -0.113. The maximum atomic E-state index is 10.0. The summed E-state index contributed by atoms with van der Waals surface area (Å²) in [5, 5.41) is 6.60. The molecule has 0 unspecified atom stereocenters. The number of carbonyl (C=O) groups is 1. The van der Waals surface area contributed by atoms with E-state index in [1.807, 2.05) is 0 Å². The van der Waals surface area contributed by atoms with Crippen molar-refractivity contribution in [2.45, 2.75) is 6.92 Å². The topological polar surface area (TPSA) is 66.9 Å². The second-order valence-corrected chi connectivity index (χ2v) is 1.44. The van der Waals surface area contributed by atoms with Gasteiger partial charge in [0.25, 0.3) is 0 Å². The molecular weight excluding hydrogens is 104 g/mol. The number of primary amides is 1. The van der Waals surface area contributed by atoms with Crippen LogP contribution in [-0.2, 0) is 4.79 Å². The van der Waals surface area contributed by atoms with Gasteiger partial charge >= 0.3 is 0 Å². The predicted molar refractivity (Wildman–Crippen MR) is 31.7 cm³/mol. The Morgan fingerprint density at radius 2 is 2.25 bits per heavy atom. The molecule has 0 saturated carbocycles. The summed E-state index contributed by atoms with van der Waals surface area (Å²) in [6, 6.07) is 0. The van der Waals surface area contributed by atoms with Crippen LogP contribution in [0.2, 0.25) is 0 Å². The SMILES string of the molecule is C/C(C=N)=C/C(N)=O. The molecule has 0 aromatic rings. The van der Waals surface area contributed by atoms with Gasteiger partial charge in [0, 0.05) is 12.3 Å². The number of hydrogen-bond donors (Lipinski definition) is 2. The molecule has 1 amide bonds. The van der Waals surface area contributed by atoms with Crippen molar-refractivity contribution in [1.82, 2.24) is 0 Å². The minimum absolute atomic E-state index is 0.508. The highest BCUT2D eigenvalue weighted by atomic mass is 16.1. The zero-order valence-electron chi connectivity index (χ0n) is 4.64. The van der Waals surface area contributed by atoms with Gasteiger partial charge < -0.3 is 11.1 Å². The molecule has 0 spiro atoms. The van der Waals surface area contributed by atoms with E-state index in [0.717, 1.165) is 6.21 Å². The fourth-order valence-corrected chi connectivity index (χ4v) is 0.266. The quantitative estimate of drug-likeness (QED) is 0.385. The molecular formula is C5H8N2O. The van der Waals surface area contributed by atoms with Crippen LogP contribution < -0.4 is 5.73 Å². The summed E-state index contributed by atoms with van der Waals surface area (Å²) >= 11 is 0. The van der Waals surface area contributed by atoms with Crippen molar-refractivity contribution < 1.29 is 4.79 Å². The predicted octanol–water partition coefficient (Wildman–Crippen LogP) is 0.0676. The molecule has 3 N–H and O–H groups in total. The van der Waals surface area contributed by atoms with Gasteiger partial charge in [-0.25, -0.2) is 0 Å². The van der Waals surface area contributed by atoms with Gasteiger partial charge in [0.05, 0.1) is 0 Å². The first-order chi connectivity index (χ1) is 3.66. The van der Waals surface area contributed by atoms with Gasteiger partial charge in [-0.15, -0.1) is 0 Å². The van der Waals surface area contributed by atoms with Crippen molar-refractivity contribution in [3.8, 4) is 0 Å². The summed E-state index contributed by atoms with van der Waals surface area (Å²) in [6.45, 7) is 1.64. The number of nitrogens with two attached hydrogens (primary N) is 1. The van der Waals surface area contributed by atoms with Crippen LogP contribution in [0.3, 0.4) is 0 Å². The Balaban J connectivity index is 3.94. The van der Waals surface area contributed by atoms with Crippen LogP contribution in [0.1, 0.15) is 6.92 Å². The van der Waals surface area contributed by atoms with Gasteiger partial charge in [0.2, 0.25) is 5.91 Å². The van der Waals surface area contributed by atoms with Crippen LogP contribution in [-0.4, -0.2) is 12.1 Å². The highest BCUT2D eigenvalue weighted by Crippen LogP contribution is 1.82. The maximum absolute atomic E-state index is 10.0. The Labute approximate surface area is 47.7 Å². The highest BCUT2D eigenvalue weighted by Gasteiger charge is 1.84. The van der Waals surface area contributed by atoms with E-state index in [4.69, 9.17) is 11.1 Å². The minimum atomic E-state index is -0.508. The molecule has 3 nitrogen and oxygen atoms in total. The third-order valence-corrected chi connectivity index (χ3v) is 0.598. The summed E-state index contributed by atoms with van der Waals surface area (Å²) in [7, 11) is 0.